The largest absolute Gasteiger partial charge is 0.375 e. The predicted molar refractivity (Wildman–Crippen MR) is 85.3 cm³/mol. The number of pyridine rings is 1. The first-order valence-electron chi connectivity index (χ1n) is 8.52. The normalized spacial score (nSPS) is 25.5. The Balaban J connectivity index is 1.77. The number of aromatic nitrogens is 1. The number of hydrogen-bond acceptors (Lipinski definition) is 3. The molecule has 1 saturated carbocycles. The van der Waals surface area contributed by atoms with Crippen LogP contribution in [0.3, 0.4) is 0 Å². The van der Waals surface area contributed by atoms with E-state index in [0.717, 1.165) is 18.8 Å². The van der Waals surface area contributed by atoms with Crippen LogP contribution in [0.4, 0.5) is 0 Å². The van der Waals surface area contributed by atoms with Crippen molar-refractivity contribution in [2.24, 2.45) is 5.92 Å². The third-order valence-corrected chi connectivity index (χ3v) is 5.16. The van der Waals surface area contributed by atoms with Gasteiger partial charge in [0.1, 0.15) is 0 Å². The molecule has 2 unspecified atom stereocenters. The molecule has 0 radical (unpaired) electrons. The van der Waals surface area contributed by atoms with Crippen LogP contribution in [0.2, 0.25) is 0 Å². The lowest BCUT2D eigenvalue weighted by atomic mass is 9.69. The van der Waals surface area contributed by atoms with Gasteiger partial charge in [-0.2, -0.15) is 0 Å². The van der Waals surface area contributed by atoms with E-state index in [0.29, 0.717) is 12.0 Å². The van der Waals surface area contributed by atoms with Gasteiger partial charge in [0.05, 0.1) is 5.60 Å². The molecule has 3 rings (SSSR count). The Kier molecular flexibility index (Phi) is 4.60. The quantitative estimate of drug-likeness (QED) is 0.895. The predicted octanol–water partition coefficient (Wildman–Crippen LogP) is 3.78. The van der Waals surface area contributed by atoms with Crippen LogP contribution >= 0.6 is 0 Å². The molecule has 0 aromatic carbocycles. The van der Waals surface area contributed by atoms with Crippen LogP contribution in [0, 0.1) is 12.8 Å². The molecule has 0 bridgehead atoms. The van der Waals surface area contributed by atoms with Gasteiger partial charge in [-0.05, 0) is 75.6 Å². The average molecular weight is 288 g/mol. The first kappa shape index (κ1) is 15.0. The Labute approximate surface area is 128 Å². The van der Waals surface area contributed by atoms with Crippen molar-refractivity contribution in [2.75, 3.05) is 13.2 Å². The number of nitrogens with one attached hydrogen (secondary N) is 1. The zero-order valence-electron chi connectivity index (χ0n) is 13.4. The molecule has 1 aromatic heterocycles. The maximum atomic E-state index is 6.11. The lowest BCUT2D eigenvalue weighted by Crippen LogP contribution is -2.48. The van der Waals surface area contributed by atoms with Crippen LogP contribution in [-0.4, -0.2) is 23.7 Å². The van der Waals surface area contributed by atoms with Crippen molar-refractivity contribution >= 4 is 0 Å². The van der Waals surface area contributed by atoms with Gasteiger partial charge in [-0.3, -0.25) is 4.98 Å². The summed E-state index contributed by atoms with van der Waals surface area (Å²) < 4.78 is 6.11. The monoisotopic (exact) mass is 288 g/mol. The molecule has 1 spiro atoms. The molecular formula is C18H28N2O. The molecule has 2 fully saturated rings. The summed E-state index contributed by atoms with van der Waals surface area (Å²) in [6.45, 7) is 6.33. The van der Waals surface area contributed by atoms with Gasteiger partial charge >= 0.3 is 0 Å². The summed E-state index contributed by atoms with van der Waals surface area (Å²) >= 11 is 0. The van der Waals surface area contributed by atoms with Crippen molar-refractivity contribution in [3.63, 3.8) is 0 Å². The Hall–Kier alpha value is -0.930. The molecule has 2 heterocycles. The standard InChI is InChI=1S/C18H28N2O/c1-3-9-20-17(15-5-10-19-14(2)12-15)16-6-11-21-18(13-16)7-4-8-18/h5,10,12,16-17,20H,3-4,6-9,11,13H2,1-2H3. The summed E-state index contributed by atoms with van der Waals surface area (Å²) in [6, 6.07) is 4.88. The van der Waals surface area contributed by atoms with Gasteiger partial charge in [-0.15, -0.1) is 0 Å². The van der Waals surface area contributed by atoms with E-state index in [4.69, 9.17) is 4.74 Å². The minimum absolute atomic E-state index is 0.219. The summed E-state index contributed by atoms with van der Waals surface area (Å²) in [7, 11) is 0. The van der Waals surface area contributed by atoms with E-state index >= 15 is 0 Å². The molecule has 116 valence electrons. The number of aryl methyl sites for hydroxylation is 1. The van der Waals surface area contributed by atoms with Gasteiger partial charge in [0.25, 0.3) is 0 Å². The summed E-state index contributed by atoms with van der Waals surface area (Å²) in [6.07, 6.45) is 9.38. The van der Waals surface area contributed by atoms with Crippen molar-refractivity contribution in [3.05, 3.63) is 29.6 Å². The number of rotatable bonds is 5. The zero-order valence-corrected chi connectivity index (χ0v) is 13.4. The number of ether oxygens (including phenoxy) is 1. The molecule has 1 N–H and O–H groups in total. The summed E-state index contributed by atoms with van der Waals surface area (Å²) in [5, 5.41) is 3.79. The highest BCUT2D eigenvalue weighted by Gasteiger charge is 2.44. The molecule has 1 aliphatic heterocycles. The van der Waals surface area contributed by atoms with Gasteiger partial charge < -0.3 is 10.1 Å². The molecule has 2 aliphatic rings. The third-order valence-electron chi connectivity index (χ3n) is 5.16. The second kappa shape index (κ2) is 6.45. The smallest absolute Gasteiger partial charge is 0.0686 e. The van der Waals surface area contributed by atoms with E-state index in [9.17, 15) is 0 Å². The van der Waals surface area contributed by atoms with Gasteiger partial charge in [-0.1, -0.05) is 6.92 Å². The van der Waals surface area contributed by atoms with Gasteiger partial charge in [0, 0.05) is 24.5 Å². The SMILES string of the molecule is CCCNC(c1ccnc(C)c1)C1CCOC2(CCC2)C1. The molecule has 1 aromatic rings. The summed E-state index contributed by atoms with van der Waals surface area (Å²) in [4.78, 5) is 4.35. The molecule has 21 heavy (non-hydrogen) atoms. The van der Waals surface area contributed by atoms with Crippen LogP contribution in [0.5, 0.6) is 0 Å². The van der Waals surface area contributed by atoms with Gasteiger partial charge in [0.2, 0.25) is 0 Å². The molecule has 0 amide bonds. The number of nitrogens with zero attached hydrogens (tertiary/aromatic N) is 1. The molecule has 1 saturated heterocycles. The average Bonchev–Trinajstić information content (AvgIpc) is 2.46. The van der Waals surface area contributed by atoms with Crippen LogP contribution < -0.4 is 5.32 Å². The Morgan fingerprint density at radius 3 is 3.00 bits per heavy atom. The van der Waals surface area contributed by atoms with Crippen molar-refractivity contribution < 1.29 is 4.74 Å². The van der Waals surface area contributed by atoms with Crippen LogP contribution in [0.15, 0.2) is 18.3 Å². The minimum Gasteiger partial charge on any atom is -0.375 e. The topological polar surface area (TPSA) is 34.2 Å². The second-order valence-corrected chi connectivity index (χ2v) is 6.80. The maximum Gasteiger partial charge on any atom is 0.0686 e. The summed E-state index contributed by atoms with van der Waals surface area (Å²) in [5.41, 5.74) is 2.73. The molecule has 3 heteroatoms. The highest BCUT2D eigenvalue weighted by atomic mass is 16.5. The molecular weight excluding hydrogens is 260 g/mol. The van der Waals surface area contributed by atoms with E-state index in [1.807, 2.05) is 6.20 Å². The van der Waals surface area contributed by atoms with E-state index in [2.05, 4.69) is 36.3 Å². The van der Waals surface area contributed by atoms with E-state index in [1.54, 1.807) is 0 Å². The van der Waals surface area contributed by atoms with Crippen LogP contribution in [-0.2, 0) is 4.74 Å². The Morgan fingerprint density at radius 1 is 1.48 bits per heavy atom. The van der Waals surface area contributed by atoms with Crippen LogP contribution in [0.25, 0.3) is 0 Å². The number of hydrogen-bond donors (Lipinski definition) is 1. The fourth-order valence-electron chi connectivity index (χ4n) is 3.89. The maximum absolute atomic E-state index is 6.11. The molecule has 3 nitrogen and oxygen atoms in total. The lowest BCUT2D eigenvalue weighted by molar-refractivity contribution is -0.147. The summed E-state index contributed by atoms with van der Waals surface area (Å²) in [5.74, 6) is 0.687. The van der Waals surface area contributed by atoms with Gasteiger partial charge in [-0.25, -0.2) is 0 Å². The minimum atomic E-state index is 0.219. The molecule has 2 atom stereocenters. The Morgan fingerprint density at radius 2 is 2.33 bits per heavy atom. The van der Waals surface area contributed by atoms with Crippen LogP contribution in [0.1, 0.15) is 62.7 Å². The zero-order chi connectivity index (χ0) is 14.7. The highest BCUT2D eigenvalue weighted by molar-refractivity contribution is 5.21. The molecule has 1 aliphatic carbocycles. The van der Waals surface area contributed by atoms with Gasteiger partial charge in [0.15, 0.2) is 0 Å². The second-order valence-electron chi connectivity index (χ2n) is 6.80. The first-order chi connectivity index (χ1) is 10.2. The van der Waals surface area contributed by atoms with Crippen molar-refractivity contribution in [3.8, 4) is 0 Å². The third kappa shape index (κ3) is 3.29. The van der Waals surface area contributed by atoms with E-state index in [-0.39, 0.29) is 5.60 Å². The first-order valence-corrected chi connectivity index (χ1v) is 8.52. The fourth-order valence-corrected chi connectivity index (χ4v) is 3.89. The Bertz CT molecular complexity index is 470. The van der Waals surface area contributed by atoms with Crippen molar-refractivity contribution in [1.29, 1.82) is 0 Å². The van der Waals surface area contributed by atoms with Crippen molar-refractivity contribution in [2.45, 2.75) is 64.0 Å². The van der Waals surface area contributed by atoms with E-state index < -0.39 is 0 Å². The van der Waals surface area contributed by atoms with E-state index in [1.165, 1.54) is 44.1 Å². The fraction of sp³-hybridized carbons (Fsp3) is 0.722. The van der Waals surface area contributed by atoms with Crippen molar-refractivity contribution in [1.82, 2.24) is 10.3 Å². The lowest BCUT2D eigenvalue weighted by Gasteiger charge is -2.49. The highest BCUT2D eigenvalue weighted by Crippen LogP contribution is 2.47.